The molecular weight excluding hydrogens is 339 g/mol. The first-order valence-electron chi connectivity index (χ1n) is 8.43. The number of hydrogen-bond donors (Lipinski definition) is 0. The van der Waals surface area contributed by atoms with Crippen molar-refractivity contribution in [2.24, 2.45) is 5.92 Å². The molecule has 0 bridgehead atoms. The van der Waals surface area contributed by atoms with Gasteiger partial charge in [0.2, 0.25) is 10.0 Å². The minimum absolute atomic E-state index is 0.0308. The molecule has 1 aromatic rings. The van der Waals surface area contributed by atoms with Crippen LogP contribution in [0.15, 0.2) is 24.3 Å². The topological polar surface area (TPSA) is 37.4 Å². The predicted octanol–water partition coefficient (Wildman–Crippen LogP) is 4.19. The Hall–Kier alpha value is -1.08. The molecule has 1 saturated carbocycles. The van der Waals surface area contributed by atoms with E-state index in [0.717, 1.165) is 50.7 Å². The molecule has 2 unspecified atom stereocenters. The zero-order chi connectivity index (χ0) is 17.4. The van der Waals surface area contributed by atoms with Crippen molar-refractivity contribution in [1.29, 1.82) is 0 Å². The SMILES string of the molecule is O=S(=O)(Cc1cccc(C(F)(F)F)c1)N1CCCC2CCCCC21. The molecule has 2 fully saturated rings. The Morgan fingerprint density at radius 2 is 1.79 bits per heavy atom. The molecule has 1 aromatic carbocycles. The number of hydrogen-bond acceptors (Lipinski definition) is 2. The minimum atomic E-state index is -4.46. The summed E-state index contributed by atoms with van der Waals surface area (Å²) >= 11 is 0. The van der Waals surface area contributed by atoms with Gasteiger partial charge in [-0.1, -0.05) is 31.0 Å². The van der Waals surface area contributed by atoms with Crippen LogP contribution in [0, 0.1) is 5.92 Å². The van der Waals surface area contributed by atoms with Crippen molar-refractivity contribution in [3.63, 3.8) is 0 Å². The molecular formula is C17H22F3NO2S. The van der Waals surface area contributed by atoms with Gasteiger partial charge in [0, 0.05) is 12.6 Å². The fraction of sp³-hybridized carbons (Fsp3) is 0.647. The standard InChI is InChI=1S/C17H22F3NO2S/c18-17(19,20)15-8-3-5-13(11-15)12-24(22,23)21-10-4-7-14-6-1-2-9-16(14)21/h3,5,8,11,14,16H,1-2,4,6-7,9-10,12H2. The summed E-state index contributed by atoms with van der Waals surface area (Å²) in [4.78, 5) is 0. The largest absolute Gasteiger partial charge is 0.416 e. The fourth-order valence-corrected chi connectivity index (χ4v) is 5.92. The highest BCUT2D eigenvalue weighted by Crippen LogP contribution is 2.37. The van der Waals surface area contributed by atoms with E-state index < -0.39 is 21.8 Å². The van der Waals surface area contributed by atoms with Crippen LogP contribution in [0.2, 0.25) is 0 Å². The van der Waals surface area contributed by atoms with Crippen molar-refractivity contribution in [3.8, 4) is 0 Å². The second-order valence-electron chi connectivity index (χ2n) is 6.82. The molecule has 134 valence electrons. The van der Waals surface area contributed by atoms with E-state index in [0.29, 0.717) is 12.5 Å². The number of fused-ring (bicyclic) bond motifs is 1. The number of nitrogens with zero attached hydrogens (tertiary/aromatic N) is 1. The van der Waals surface area contributed by atoms with Crippen LogP contribution < -0.4 is 0 Å². The van der Waals surface area contributed by atoms with E-state index in [9.17, 15) is 21.6 Å². The molecule has 1 saturated heterocycles. The lowest BCUT2D eigenvalue weighted by molar-refractivity contribution is -0.137. The quantitative estimate of drug-likeness (QED) is 0.810. The molecule has 0 radical (unpaired) electrons. The normalized spacial score (nSPS) is 26.1. The van der Waals surface area contributed by atoms with Crippen LogP contribution in [0.1, 0.15) is 49.7 Å². The van der Waals surface area contributed by atoms with Crippen LogP contribution in [0.5, 0.6) is 0 Å². The summed E-state index contributed by atoms with van der Waals surface area (Å²) in [5.74, 6) is 0.0453. The molecule has 7 heteroatoms. The van der Waals surface area contributed by atoms with Gasteiger partial charge < -0.3 is 0 Å². The highest BCUT2D eigenvalue weighted by atomic mass is 32.2. The van der Waals surface area contributed by atoms with E-state index in [4.69, 9.17) is 0 Å². The van der Waals surface area contributed by atoms with Crippen molar-refractivity contribution in [1.82, 2.24) is 4.31 Å². The van der Waals surface area contributed by atoms with Crippen LogP contribution in [-0.2, 0) is 22.0 Å². The molecule has 1 aliphatic heterocycles. The maximum atomic E-state index is 12.8. The van der Waals surface area contributed by atoms with E-state index in [1.807, 2.05) is 0 Å². The lowest BCUT2D eigenvalue weighted by Crippen LogP contribution is -2.49. The van der Waals surface area contributed by atoms with Gasteiger partial charge in [-0.2, -0.15) is 17.5 Å². The van der Waals surface area contributed by atoms with E-state index in [2.05, 4.69) is 0 Å². The molecule has 1 heterocycles. The third kappa shape index (κ3) is 3.77. The van der Waals surface area contributed by atoms with E-state index >= 15 is 0 Å². The molecule has 0 amide bonds. The fourth-order valence-electron chi connectivity index (χ4n) is 4.06. The first-order valence-corrected chi connectivity index (χ1v) is 10.0. The second kappa shape index (κ2) is 6.67. The summed E-state index contributed by atoms with van der Waals surface area (Å²) in [7, 11) is -3.60. The predicted molar refractivity (Wildman–Crippen MR) is 85.8 cm³/mol. The first-order chi connectivity index (χ1) is 11.3. The lowest BCUT2D eigenvalue weighted by Gasteiger charge is -2.43. The third-order valence-corrected chi connectivity index (χ3v) is 7.02. The molecule has 0 spiro atoms. The van der Waals surface area contributed by atoms with Crippen molar-refractivity contribution in [2.75, 3.05) is 6.54 Å². The summed E-state index contributed by atoms with van der Waals surface area (Å²) in [6, 6.07) is 4.67. The van der Waals surface area contributed by atoms with Gasteiger partial charge in [0.1, 0.15) is 0 Å². The van der Waals surface area contributed by atoms with Gasteiger partial charge >= 0.3 is 6.18 Å². The number of piperidine rings is 1. The molecule has 0 N–H and O–H groups in total. The molecule has 24 heavy (non-hydrogen) atoms. The van der Waals surface area contributed by atoms with Crippen LogP contribution >= 0.6 is 0 Å². The van der Waals surface area contributed by atoms with E-state index in [1.165, 1.54) is 12.1 Å². The molecule has 1 aliphatic carbocycles. The minimum Gasteiger partial charge on any atom is -0.212 e. The Balaban J connectivity index is 1.81. The van der Waals surface area contributed by atoms with Crippen LogP contribution in [-0.4, -0.2) is 25.3 Å². The van der Waals surface area contributed by atoms with Crippen LogP contribution in [0.4, 0.5) is 13.2 Å². The van der Waals surface area contributed by atoms with Gasteiger partial charge in [0.05, 0.1) is 11.3 Å². The summed E-state index contributed by atoms with van der Waals surface area (Å²) in [5.41, 5.74) is -0.604. The Morgan fingerprint density at radius 3 is 2.54 bits per heavy atom. The first kappa shape index (κ1) is 17.7. The molecule has 2 atom stereocenters. The molecule has 0 aromatic heterocycles. The van der Waals surface area contributed by atoms with Crippen molar-refractivity contribution in [3.05, 3.63) is 35.4 Å². The third-order valence-electron chi connectivity index (χ3n) is 5.15. The smallest absolute Gasteiger partial charge is 0.212 e. The number of halogens is 3. The van der Waals surface area contributed by atoms with Crippen LogP contribution in [0.3, 0.4) is 0 Å². The zero-order valence-corrected chi connectivity index (χ0v) is 14.2. The maximum Gasteiger partial charge on any atom is 0.416 e. The Morgan fingerprint density at radius 1 is 1.08 bits per heavy atom. The second-order valence-corrected chi connectivity index (χ2v) is 8.74. The highest BCUT2D eigenvalue weighted by Gasteiger charge is 2.39. The zero-order valence-electron chi connectivity index (χ0n) is 13.4. The average Bonchev–Trinajstić information content (AvgIpc) is 2.53. The highest BCUT2D eigenvalue weighted by molar-refractivity contribution is 7.88. The Bertz CT molecular complexity index is 685. The van der Waals surface area contributed by atoms with Crippen molar-refractivity contribution >= 4 is 10.0 Å². The van der Waals surface area contributed by atoms with E-state index in [-0.39, 0.29) is 17.4 Å². The van der Waals surface area contributed by atoms with Gasteiger partial charge in [0.25, 0.3) is 0 Å². The van der Waals surface area contributed by atoms with Gasteiger partial charge in [-0.3, -0.25) is 0 Å². The average molecular weight is 361 g/mol. The summed E-state index contributed by atoms with van der Waals surface area (Å²) in [5, 5.41) is 0. The number of alkyl halides is 3. The number of benzene rings is 1. The number of sulfonamides is 1. The van der Waals surface area contributed by atoms with Gasteiger partial charge in [-0.25, -0.2) is 8.42 Å². The molecule has 3 rings (SSSR count). The van der Waals surface area contributed by atoms with Gasteiger partial charge in [-0.15, -0.1) is 0 Å². The monoisotopic (exact) mass is 361 g/mol. The van der Waals surface area contributed by atoms with Gasteiger partial charge in [-0.05, 0) is 43.2 Å². The van der Waals surface area contributed by atoms with Crippen molar-refractivity contribution < 1.29 is 21.6 Å². The van der Waals surface area contributed by atoms with E-state index in [1.54, 1.807) is 4.31 Å². The van der Waals surface area contributed by atoms with Crippen LogP contribution in [0.25, 0.3) is 0 Å². The Labute approximate surface area is 140 Å². The molecule has 3 nitrogen and oxygen atoms in total. The lowest BCUT2D eigenvalue weighted by atomic mass is 9.79. The molecule has 2 aliphatic rings. The van der Waals surface area contributed by atoms with Crippen molar-refractivity contribution in [2.45, 2.75) is 56.5 Å². The van der Waals surface area contributed by atoms with Gasteiger partial charge in [0.15, 0.2) is 0 Å². The summed E-state index contributed by atoms with van der Waals surface area (Å²) < 4.78 is 65.7. The maximum absolute atomic E-state index is 12.8. The summed E-state index contributed by atoms with van der Waals surface area (Å²) in [6.45, 7) is 0.489. The Kier molecular flexibility index (Phi) is 4.93. The number of rotatable bonds is 3. The summed E-state index contributed by atoms with van der Waals surface area (Å²) in [6.07, 6.45) is 1.52.